The number of phenols is 1. The molecular weight excluding hydrogens is 204 g/mol. The van der Waals surface area contributed by atoms with Gasteiger partial charge in [-0.1, -0.05) is 12.1 Å². The van der Waals surface area contributed by atoms with Crippen molar-refractivity contribution < 1.29 is 9.90 Å². The summed E-state index contributed by atoms with van der Waals surface area (Å²) < 4.78 is 0. The molecule has 4 heteroatoms. The largest absolute Gasteiger partial charge is 0.508 e. The van der Waals surface area contributed by atoms with Crippen molar-refractivity contribution in [3.05, 3.63) is 29.8 Å². The van der Waals surface area contributed by atoms with Crippen LogP contribution in [0, 0.1) is 0 Å². The van der Waals surface area contributed by atoms with E-state index in [4.69, 9.17) is 5.11 Å². The molecule has 1 fully saturated rings. The van der Waals surface area contributed by atoms with Gasteiger partial charge in [-0.25, -0.2) is 0 Å². The number of carbonyl (C=O) groups excluding carboxylic acids is 1. The van der Waals surface area contributed by atoms with Gasteiger partial charge in [0.1, 0.15) is 5.75 Å². The first-order valence-corrected chi connectivity index (χ1v) is 5.52. The Morgan fingerprint density at radius 3 is 2.75 bits per heavy atom. The van der Waals surface area contributed by atoms with E-state index < -0.39 is 0 Å². The Hall–Kier alpha value is -1.55. The Balaban J connectivity index is 1.79. The normalized spacial score (nSPS) is 20.5. The Kier molecular flexibility index (Phi) is 3.41. The summed E-state index contributed by atoms with van der Waals surface area (Å²) in [5.41, 5.74) is 1.13. The van der Waals surface area contributed by atoms with E-state index in [1.807, 2.05) is 12.1 Å². The summed E-state index contributed by atoms with van der Waals surface area (Å²) in [6, 6.07) is 7.50. The number of carbonyl (C=O) groups is 1. The zero-order chi connectivity index (χ0) is 11.4. The lowest BCUT2D eigenvalue weighted by Gasteiger charge is -2.23. The smallest absolute Gasteiger partial charge is 0.220 e. The molecule has 1 aliphatic rings. The van der Waals surface area contributed by atoms with Crippen molar-refractivity contribution in [2.24, 2.45) is 0 Å². The highest BCUT2D eigenvalue weighted by molar-refractivity contribution is 5.76. The molecule has 0 saturated carbocycles. The number of benzene rings is 1. The van der Waals surface area contributed by atoms with E-state index in [-0.39, 0.29) is 11.7 Å². The predicted octanol–water partition coefficient (Wildman–Crippen LogP) is 0.760. The molecule has 4 nitrogen and oxygen atoms in total. The number of phenolic OH excluding ortho intramolecular Hbond substituents is 1. The average molecular weight is 220 g/mol. The van der Waals surface area contributed by atoms with Crippen LogP contribution in [0.1, 0.15) is 18.4 Å². The van der Waals surface area contributed by atoms with E-state index >= 15 is 0 Å². The van der Waals surface area contributed by atoms with Gasteiger partial charge in [-0.3, -0.25) is 4.79 Å². The van der Waals surface area contributed by atoms with E-state index in [0.29, 0.717) is 19.0 Å². The first-order chi connectivity index (χ1) is 7.74. The van der Waals surface area contributed by atoms with E-state index in [2.05, 4.69) is 10.6 Å². The lowest BCUT2D eigenvalue weighted by Crippen LogP contribution is -2.45. The average Bonchev–Trinajstić information content (AvgIpc) is 2.30. The summed E-state index contributed by atoms with van der Waals surface area (Å²) in [6.45, 7) is 1.47. The molecule has 16 heavy (non-hydrogen) atoms. The fourth-order valence-electron chi connectivity index (χ4n) is 1.78. The second-order valence-electron chi connectivity index (χ2n) is 4.09. The number of amides is 1. The number of hydrogen-bond acceptors (Lipinski definition) is 3. The van der Waals surface area contributed by atoms with E-state index in [0.717, 1.165) is 18.5 Å². The molecule has 1 heterocycles. The fraction of sp³-hybridized carbons (Fsp3) is 0.417. The van der Waals surface area contributed by atoms with Crippen LogP contribution in [0.2, 0.25) is 0 Å². The van der Waals surface area contributed by atoms with Crippen molar-refractivity contribution in [1.29, 1.82) is 0 Å². The third-order valence-corrected chi connectivity index (χ3v) is 2.80. The van der Waals surface area contributed by atoms with E-state index in [9.17, 15) is 4.79 Å². The second kappa shape index (κ2) is 4.99. The van der Waals surface area contributed by atoms with Crippen LogP contribution in [0.15, 0.2) is 24.3 Å². The molecular formula is C12H16N2O2. The summed E-state index contributed by atoms with van der Waals surface area (Å²) in [4.78, 5) is 11.0. The summed E-state index contributed by atoms with van der Waals surface area (Å²) in [6.07, 6.45) is 1.50. The standard InChI is InChI=1S/C12H16N2O2/c15-11-4-1-9(2-5-11)7-13-10-3-6-12(16)14-8-10/h1-2,4-5,10,13,15H,3,6-8H2,(H,14,16). The topological polar surface area (TPSA) is 61.4 Å². The number of hydrogen-bond donors (Lipinski definition) is 3. The zero-order valence-electron chi connectivity index (χ0n) is 9.07. The molecule has 1 unspecified atom stereocenters. The maximum atomic E-state index is 11.0. The minimum atomic E-state index is 0.141. The third-order valence-electron chi connectivity index (χ3n) is 2.80. The van der Waals surface area contributed by atoms with Crippen molar-refractivity contribution in [2.75, 3.05) is 6.54 Å². The maximum absolute atomic E-state index is 11.0. The molecule has 0 aliphatic carbocycles. The molecule has 1 amide bonds. The van der Waals surface area contributed by atoms with Crippen LogP contribution in [-0.4, -0.2) is 23.6 Å². The van der Waals surface area contributed by atoms with Crippen LogP contribution in [-0.2, 0) is 11.3 Å². The molecule has 0 radical (unpaired) electrons. The maximum Gasteiger partial charge on any atom is 0.220 e. The molecule has 86 valence electrons. The van der Waals surface area contributed by atoms with Gasteiger partial charge in [-0.05, 0) is 24.1 Å². The molecule has 1 atom stereocenters. The SMILES string of the molecule is O=C1CCC(NCc2ccc(O)cc2)CN1. The summed E-state index contributed by atoms with van der Waals surface area (Å²) in [5.74, 6) is 0.427. The van der Waals surface area contributed by atoms with Crippen molar-refractivity contribution in [3.8, 4) is 5.75 Å². The van der Waals surface area contributed by atoms with Crippen LogP contribution >= 0.6 is 0 Å². The van der Waals surface area contributed by atoms with Gasteiger partial charge in [-0.15, -0.1) is 0 Å². The van der Waals surface area contributed by atoms with Crippen molar-refractivity contribution in [3.63, 3.8) is 0 Å². The first kappa shape index (κ1) is 11.0. The van der Waals surface area contributed by atoms with Gasteiger partial charge in [0, 0.05) is 25.6 Å². The monoisotopic (exact) mass is 220 g/mol. The quantitative estimate of drug-likeness (QED) is 0.704. The summed E-state index contributed by atoms with van der Waals surface area (Å²) in [5, 5.41) is 15.4. The number of nitrogens with one attached hydrogen (secondary N) is 2. The van der Waals surface area contributed by atoms with Gasteiger partial charge < -0.3 is 15.7 Å². The number of rotatable bonds is 3. The summed E-state index contributed by atoms with van der Waals surface area (Å²) >= 11 is 0. The molecule has 2 rings (SSSR count). The van der Waals surface area contributed by atoms with Gasteiger partial charge in [0.2, 0.25) is 5.91 Å². The molecule has 1 aromatic rings. The number of aromatic hydroxyl groups is 1. The molecule has 1 aliphatic heterocycles. The highest BCUT2D eigenvalue weighted by Gasteiger charge is 2.16. The van der Waals surface area contributed by atoms with Gasteiger partial charge in [0.25, 0.3) is 0 Å². The lowest BCUT2D eigenvalue weighted by molar-refractivity contribution is -0.122. The third kappa shape index (κ3) is 2.97. The Morgan fingerprint density at radius 2 is 2.12 bits per heavy atom. The molecule has 0 aromatic heterocycles. The minimum absolute atomic E-state index is 0.141. The Morgan fingerprint density at radius 1 is 1.38 bits per heavy atom. The van der Waals surface area contributed by atoms with Crippen LogP contribution in [0.25, 0.3) is 0 Å². The van der Waals surface area contributed by atoms with Crippen molar-refractivity contribution in [2.45, 2.75) is 25.4 Å². The highest BCUT2D eigenvalue weighted by atomic mass is 16.3. The van der Waals surface area contributed by atoms with Crippen molar-refractivity contribution in [1.82, 2.24) is 10.6 Å². The van der Waals surface area contributed by atoms with Crippen molar-refractivity contribution >= 4 is 5.91 Å². The van der Waals surface area contributed by atoms with Gasteiger partial charge in [0.15, 0.2) is 0 Å². The van der Waals surface area contributed by atoms with Gasteiger partial charge in [-0.2, -0.15) is 0 Å². The van der Waals surface area contributed by atoms with Gasteiger partial charge in [0.05, 0.1) is 0 Å². The van der Waals surface area contributed by atoms with Crippen LogP contribution in [0.3, 0.4) is 0 Å². The van der Waals surface area contributed by atoms with Crippen LogP contribution < -0.4 is 10.6 Å². The number of piperidine rings is 1. The molecule has 3 N–H and O–H groups in total. The molecule has 1 saturated heterocycles. The fourth-order valence-corrected chi connectivity index (χ4v) is 1.78. The summed E-state index contributed by atoms with van der Waals surface area (Å²) in [7, 11) is 0. The molecule has 1 aromatic carbocycles. The zero-order valence-corrected chi connectivity index (χ0v) is 9.07. The Bertz CT molecular complexity index is 352. The second-order valence-corrected chi connectivity index (χ2v) is 4.09. The highest BCUT2D eigenvalue weighted by Crippen LogP contribution is 2.10. The van der Waals surface area contributed by atoms with E-state index in [1.165, 1.54) is 0 Å². The molecule has 0 bridgehead atoms. The van der Waals surface area contributed by atoms with Gasteiger partial charge >= 0.3 is 0 Å². The van der Waals surface area contributed by atoms with Crippen LogP contribution in [0.4, 0.5) is 0 Å². The van der Waals surface area contributed by atoms with Crippen LogP contribution in [0.5, 0.6) is 5.75 Å². The molecule has 0 spiro atoms. The lowest BCUT2D eigenvalue weighted by atomic mass is 10.1. The first-order valence-electron chi connectivity index (χ1n) is 5.52. The predicted molar refractivity (Wildman–Crippen MR) is 61.0 cm³/mol. The Labute approximate surface area is 94.7 Å². The minimum Gasteiger partial charge on any atom is -0.508 e. The van der Waals surface area contributed by atoms with E-state index in [1.54, 1.807) is 12.1 Å².